The number of hydrogen-bond donors (Lipinski definition) is 1. The van der Waals surface area contributed by atoms with Crippen LogP contribution in [0.1, 0.15) is 36.5 Å². The lowest BCUT2D eigenvalue weighted by molar-refractivity contribution is -0.120. The number of thiophene rings is 1. The zero-order valence-electron chi connectivity index (χ0n) is 19.1. The Hall–Kier alpha value is -2.72. The van der Waals surface area contributed by atoms with Crippen molar-refractivity contribution in [3.8, 4) is 11.1 Å². The molecule has 2 aromatic carbocycles. The highest BCUT2D eigenvalue weighted by atomic mass is 35.5. The second-order valence-electron chi connectivity index (χ2n) is 8.01. The number of benzene rings is 2. The quantitative estimate of drug-likeness (QED) is 0.410. The molecule has 0 spiro atoms. The van der Waals surface area contributed by atoms with Gasteiger partial charge in [0.25, 0.3) is 0 Å². The molecule has 1 atom stereocenters. The van der Waals surface area contributed by atoms with Crippen molar-refractivity contribution in [2.45, 2.75) is 37.1 Å². The summed E-state index contributed by atoms with van der Waals surface area (Å²) in [5.74, 6) is -1.02. The number of rotatable bonds is 7. The molecule has 1 fully saturated rings. The van der Waals surface area contributed by atoms with Crippen molar-refractivity contribution in [3.63, 3.8) is 0 Å². The first-order valence-corrected chi connectivity index (χ1v) is 13.9. The fraction of sp³-hybridized carbons (Fsp3) is 0.280. The third-order valence-corrected chi connectivity index (χ3v) is 8.84. The van der Waals surface area contributed by atoms with Crippen LogP contribution in [0.5, 0.6) is 0 Å². The number of hydrogen-bond acceptors (Lipinski definition) is 6. The molecular weight excluding hydrogens is 508 g/mol. The Morgan fingerprint density at radius 3 is 2.51 bits per heavy atom. The second-order valence-corrected chi connectivity index (χ2v) is 11.2. The van der Waals surface area contributed by atoms with E-state index in [9.17, 15) is 18.0 Å². The van der Waals surface area contributed by atoms with Gasteiger partial charge < -0.3 is 10.1 Å². The van der Waals surface area contributed by atoms with Gasteiger partial charge in [-0.25, -0.2) is 13.2 Å². The van der Waals surface area contributed by atoms with Gasteiger partial charge in [-0.2, -0.15) is 4.31 Å². The Morgan fingerprint density at radius 1 is 1.11 bits per heavy atom. The van der Waals surface area contributed by atoms with E-state index < -0.39 is 27.9 Å². The van der Waals surface area contributed by atoms with Crippen LogP contribution in [-0.4, -0.2) is 43.8 Å². The van der Waals surface area contributed by atoms with Gasteiger partial charge in [-0.1, -0.05) is 48.4 Å². The molecule has 0 aliphatic carbocycles. The molecule has 0 bridgehead atoms. The van der Waals surface area contributed by atoms with Crippen LogP contribution in [0.25, 0.3) is 11.1 Å². The Balaban J connectivity index is 1.65. The summed E-state index contributed by atoms with van der Waals surface area (Å²) < 4.78 is 33.2. The van der Waals surface area contributed by atoms with Gasteiger partial charge in [-0.05, 0) is 49.6 Å². The standard InChI is InChI=1S/C25H25ClN2O5S2/c1-2-33-25(30)22-20(17-8-4-3-5-9-17)16-34-24(22)27-23(29)21-10-6-7-15-28(21)35(31,32)19-13-11-18(26)12-14-19/h3-5,8-9,11-14,16,21H,2,6-7,10,15H2,1H3,(H,27,29). The highest BCUT2D eigenvalue weighted by Crippen LogP contribution is 2.37. The number of nitrogens with zero attached hydrogens (tertiary/aromatic N) is 1. The van der Waals surface area contributed by atoms with E-state index in [-0.39, 0.29) is 23.6 Å². The number of anilines is 1. The van der Waals surface area contributed by atoms with Crippen molar-refractivity contribution in [1.82, 2.24) is 4.31 Å². The normalized spacial score (nSPS) is 16.6. The van der Waals surface area contributed by atoms with Gasteiger partial charge in [-0.3, -0.25) is 4.79 Å². The molecule has 35 heavy (non-hydrogen) atoms. The minimum Gasteiger partial charge on any atom is -0.462 e. The first-order valence-electron chi connectivity index (χ1n) is 11.2. The highest BCUT2D eigenvalue weighted by molar-refractivity contribution is 7.89. The summed E-state index contributed by atoms with van der Waals surface area (Å²) in [4.78, 5) is 26.3. The maximum atomic E-state index is 13.4. The van der Waals surface area contributed by atoms with E-state index in [1.54, 1.807) is 12.3 Å². The predicted molar refractivity (Wildman–Crippen MR) is 137 cm³/mol. The van der Waals surface area contributed by atoms with Crippen molar-refractivity contribution in [1.29, 1.82) is 0 Å². The molecule has 1 amide bonds. The van der Waals surface area contributed by atoms with Crippen LogP contribution in [0.3, 0.4) is 0 Å². The third kappa shape index (κ3) is 5.43. The first-order chi connectivity index (χ1) is 16.8. The molecule has 0 radical (unpaired) electrons. The number of halogens is 1. The number of nitrogens with one attached hydrogen (secondary N) is 1. The van der Waals surface area contributed by atoms with Crippen molar-refractivity contribution in [2.24, 2.45) is 0 Å². The Kier molecular flexibility index (Phi) is 7.91. The van der Waals surface area contributed by atoms with Crippen LogP contribution in [0, 0.1) is 0 Å². The first kappa shape index (κ1) is 25.4. The largest absolute Gasteiger partial charge is 0.462 e. The number of ether oxygens (including phenoxy) is 1. The zero-order valence-corrected chi connectivity index (χ0v) is 21.5. The molecule has 0 saturated carbocycles. The summed E-state index contributed by atoms with van der Waals surface area (Å²) in [6.07, 6.45) is 1.75. The monoisotopic (exact) mass is 532 g/mol. The van der Waals surface area contributed by atoms with Crippen LogP contribution < -0.4 is 5.32 Å². The highest BCUT2D eigenvalue weighted by Gasteiger charge is 2.38. The average molecular weight is 533 g/mol. The van der Waals surface area contributed by atoms with Crippen molar-refractivity contribution >= 4 is 49.8 Å². The lowest BCUT2D eigenvalue weighted by atomic mass is 10.0. The molecule has 1 aromatic heterocycles. The second kappa shape index (κ2) is 10.9. The predicted octanol–water partition coefficient (Wildman–Crippen LogP) is 5.43. The molecule has 3 aromatic rings. The van der Waals surface area contributed by atoms with Gasteiger partial charge in [-0.15, -0.1) is 11.3 Å². The Morgan fingerprint density at radius 2 is 1.83 bits per heavy atom. The number of sulfonamides is 1. The lowest BCUT2D eigenvalue weighted by Crippen LogP contribution is -2.49. The fourth-order valence-corrected chi connectivity index (χ4v) is 6.82. The van der Waals surface area contributed by atoms with Crippen molar-refractivity contribution < 1.29 is 22.7 Å². The molecule has 1 N–H and O–H groups in total. The van der Waals surface area contributed by atoms with E-state index in [1.807, 2.05) is 30.3 Å². The van der Waals surface area contributed by atoms with Crippen LogP contribution in [0.2, 0.25) is 5.02 Å². The van der Waals surface area contributed by atoms with Crippen LogP contribution >= 0.6 is 22.9 Å². The number of carbonyl (C=O) groups is 2. The van der Waals surface area contributed by atoms with Crippen LogP contribution in [-0.2, 0) is 19.6 Å². The van der Waals surface area contributed by atoms with E-state index in [4.69, 9.17) is 16.3 Å². The van der Waals surface area contributed by atoms with Crippen molar-refractivity contribution in [2.75, 3.05) is 18.5 Å². The van der Waals surface area contributed by atoms with Crippen molar-refractivity contribution in [3.05, 3.63) is 70.6 Å². The van der Waals surface area contributed by atoms with Gasteiger partial charge in [0, 0.05) is 22.5 Å². The summed E-state index contributed by atoms with van der Waals surface area (Å²) in [5.41, 5.74) is 1.73. The van der Waals surface area contributed by atoms with E-state index in [0.717, 1.165) is 12.0 Å². The summed E-state index contributed by atoms with van der Waals surface area (Å²) in [7, 11) is -3.91. The molecule has 10 heteroatoms. The number of carbonyl (C=O) groups excluding carboxylic acids is 2. The summed E-state index contributed by atoms with van der Waals surface area (Å²) in [6.45, 7) is 2.13. The molecule has 1 aliphatic heterocycles. The minimum absolute atomic E-state index is 0.0799. The third-order valence-electron chi connectivity index (χ3n) is 5.77. The van der Waals surface area contributed by atoms with Gasteiger partial charge in [0.1, 0.15) is 16.6 Å². The summed E-state index contributed by atoms with van der Waals surface area (Å²) in [6, 6.07) is 14.3. The average Bonchev–Trinajstić information content (AvgIpc) is 3.28. The topological polar surface area (TPSA) is 92.8 Å². The summed E-state index contributed by atoms with van der Waals surface area (Å²) in [5, 5.41) is 5.38. The lowest BCUT2D eigenvalue weighted by Gasteiger charge is -2.33. The molecular formula is C25H25ClN2O5S2. The molecule has 1 saturated heterocycles. The van der Waals surface area contributed by atoms with E-state index in [0.29, 0.717) is 28.4 Å². The zero-order chi connectivity index (χ0) is 25.0. The minimum atomic E-state index is -3.91. The molecule has 4 rings (SSSR count). The van der Waals surface area contributed by atoms with Gasteiger partial charge in [0.2, 0.25) is 15.9 Å². The molecule has 184 valence electrons. The van der Waals surface area contributed by atoms with E-state index >= 15 is 0 Å². The number of amides is 1. The number of piperidine rings is 1. The SMILES string of the molecule is CCOC(=O)c1c(-c2ccccc2)csc1NC(=O)C1CCCCN1S(=O)(=O)c1ccc(Cl)cc1. The van der Waals surface area contributed by atoms with E-state index in [1.165, 1.54) is 39.9 Å². The Bertz CT molecular complexity index is 1310. The number of esters is 1. The van der Waals surface area contributed by atoms with Gasteiger partial charge in [0.15, 0.2) is 0 Å². The molecule has 1 unspecified atom stereocenters. The maximum Gasteiger partial charge on any atom is 0.341 e. The molecule has 7 nitrogen and oxygen atoms in total. The van der Waals surface area contributed by atoms with Crippen LogP contribution in [0.15, 0.2) is 64.9 Å². The molecule has 2 heterocycles. The van der Waals surface area contributed by atoms with E-state index in [2.05, 4.69) is 5.32 Å². The smallest absolute Gasteiger partial charge is 0.341 e. The Labute approximate surface area is 213 Å². The maximum absolute atomic E-state index is 13.4. The fourth-order valence-electron chi connectivity index (χ4n) is 4.08. The summed E-state index contributed by atoms with van der Waals surface area (Å²) >= 11 is 7.13. The van der Waals surface area contributed by atoms with Crippen LogP contribution in [0.4, 0.5) is 5.00 Å². The van der Waals surface area contributed by atoms with Gasteiger partial charge in [0.05, 0.1) is 11.5 Å². The van der Waals surface area contributed by atoms with Gasteiger partial charge >= 0.3 is 5.97 Å². The molecule has 1 aliphatic rings.